The summed E-state index contributed by atoms with van der Waals surface area (Å²) < 4.78 is 2.40. The molecule has 0 fully saturated rings. The van der Waals surface area contributed by atoms with Crippen LogP contribution in [0.5, 0.6) is 0 Å². The number of para-hydroxylation sites is 2. The van der Waals surface area contributed by atoms with Crippen molar-refractivity contribution in [3.05, 3.63) is 313 Å². The summed E-state index contributed by atoms with van der Waals surface area (Å²) in [5.74, 6) is 0. The SMILES string of the molecule is c1ccc(-c2ccc(N(c3ccc(-c4cc(-c5ccccc5)cc(-c5cccc6c5c5ccccc5n6-c5ccccc5)c4)cc3)c3ccc4c(c3)C3(c5ccccc5-c5ccccc53)c3ccccc3-4)cc2)cc1. The lowest BCUT2D eigenvalue weighted by molar-refractivity contribution is 0.793. The Labute approximate surface area is 437 Å². The summed E-state index contributed by atoms with van der Waals surface area (Å²) in [4.78, 5) is 2.44. The molecule has 350 valence electrons. The van der Waals surface area contributed by atoms with Crippen molar-refractivity contribution < 1.29 is 0 Å². The van der Waals surface area contributed by atoms with Gasteiger partial charge in [0, 0.05) is 33.5 Å². The first kappa shape index (κ1) is 42.9. The van der Waals surface area contributed by atoms with Crippen LogP contribution in [0.1, 0.15) is 22.3 Å². The summed E-state index contributed by atoms with van der Waals surface area (Å²) in [6.07, 6.45) is 0. The van der Waals surface area contributed by atoms with Crippen molar-refractivity contribution in [1.29, 1.82) is 0 Å². The average Bonchev–Trinajstić information content (AvgIpc) is 4.20. The van der Waals surface area contributed by atoms with Gasteiger partial charge in [-0.25, -0.2) is 0 Å². The van der Waals surface area contributed by atoms with Gasteiger partial charge in [-0.1, -0.05) is 212 Å². The highest BCUT2D eigenvalue weighted by molar-refractivity contribution is 6.16. The van der Waals surface area contributed by atoms with Gasteiger partial charge in [-0.15, -0.1) is 0 Å². The van der Waals surface area contributed by atoms with Crippen LogP contribution in [-0.2, 0) is 5.41 Å². The Balaban J connectivity index is 0.897. The maximum absolute atomic E-state index is 2.48. The van der Waals surface area contributed by atoms with Crippen molar-refractivity contribution in [3.8, 4) is 72.4 Å². The first-order valence-corrected chi connectivity index (χ1v) is 26.0. The Morgan fingerprint density at radius 1 is 0.253 bits per heavy atom. The maximum atomic E-state index is 2.48. The van der Waals surface area contributed by atoms with E-state index in [0.717, 1.165) is 33.9 Å². The molecule has 0 atom stereocenters. The molecule has 2 heteroatoms. The fourth-order valence-corrected chi connectivity index (χ4v) is 12.8. The van der Waals surface area contributed by atoms with E-state index >= 15 is 0 Å². The van der Waals surface area contributed by atoms with Gasteiger partial charge in [-0.2, -0.15) is 0 Å². The molecule has 0 N–H and O–H groups in total. The highest BCUT2D eigenvalue weighted by atomic mass is 15.1. The minimum atomic E-state index is -0.454. The molecule has 1 heterocycles. The molecule has 13 aromatic rings. The fourth-order valence-electron chi connectivity index (χ4n) is 12.8. The lowest BCUT2D eigenvalue weighted by atomic mass is 9.70. The van der Waals surface area contributed by atoms with Crippen molar-refractivity contribution in [2.75, 3.05) is 4.90 Å². The monoisotopic (exact) mass is 952 g/mol. The number of hydrogen-bond donors (Lipinski definition) is 0. The molecule has 1 aromatic heterocycles. The van der Waals surface area contributed by atoms with Crippen molar-refractivity contribution in [2.45, 2.75) is 5.41 Å². The topological polar surface area (TPSA) is 8.17 Å². The zero-order valence-electron chi connectivity index (χ0n) is 41.1. The lowest BCUT2D eigenvalue weighted by Gasteiger charge is -2.32. The van der Waals surface area contributed by atoms with Gasteiger partial charge in [-0.3, -0.25) is 0 Å². The second-order valence-corrected chi connectivity index (χ2v) is 20.0. The van der Waals surface area contributed by atoms with Gasteiger partial charge in [0.05, 0.1) is 16.4 Å². The van der Waals surface area contributed by atoms with E-state index in [1.54, 1.807) is 0 Å². The van der Waals surface area contributed by atoms with Gasteiger partial charge < -0.3 is 9.47 Å². The number of aromatic nitrogens is 1. The molecule has 2 aliphatic rings. The molecule has 0 bridgehead atoms. The van der Waals surface area contributed by atoms with Gasteiger partial charge in [0.25, 0.3) is 0 Å². The summed E-state index contributed by atoms with van der Waals surface area (Å²) in [5.41, 5.74) is 26.4. The Morgan fingerprint density at radius 3 is 1.25 bits per heavy atom. The molecule has 0 saturated heterocycles. The van der Waals surface area contributed by atoms with Crippen LogP contribution < -0.4 is 4.90 Å². The van der Waals surface area contributed by atoms with Crippen LogP contribution in [0.4, 0.5) is 17.1 Å². The molecule has 0 unspecified atom stereocenters. The van der Waals surface area contributed by atoms with Crippen molar-refractivity contribution in [1.82, 2.24) is 4.57 Å². The second-order valence-electron chi connectivity index (χ2n) is 20.0. The number of benzene rings is 12. The van der Waals surface area contributed by atoms with Gasteiger partial charge in [0.2, 0.25) is 0 Å². The zero-order valence-corrected chi connectivity index (χ0v) is 41.1. The second kappa shape index (κ2) is 17.2. The molecule has 0 saturated carbocycles. The number of nitrogens with zero attached hydrogens (tertiary/aromatic N) is 2. The van der Waals surface area contributed by atoms with Crippen LogP contribution in [0.3, 0.4) is 0 Å². The molecule has 0 radical (unpaired) electrons. The van der Waals surface area contributed by atoms with Gasteiger partial charge >= 0.3 is 0 Å². The molecule has 75 heavy (non-hydrogen) atoms. The van der Waals surface area contributed by atoms with Crippen LogP contribution in [0.2, 0.25) is 0 Å². The minimum absolute atomic E-state index is 0.454. The Hall–Kier alpha value is -9.76. The van der Waals surface area contributed by atoms with Crippen LogP contribution in [0.25, 0.3) is 94.3 Å². The number of anilines is 3. The van der Waals surface area contributed by atoms with E-state index < -0.39 is 5.41 Å². The Bertz CT molecular complexity index is 4260. The molecule has 0 aliphatic heterocycles. The van der Waals surface area contributed by atoms with E-state index in [1.165, 1.54) is 99.7 Å². The predicted octanol–water partition coefficient (Wildman–Crippen LogP) is 19.3. The third-order valence-electron chi connectivity index (χ3n) is 16.0. The van der Waals surface area contributed by atoms with Gasteiger partial charge in [-0.05, 0) is 168 Å². The number of rotatable bonds is 8. The maximum Gasteiger partial charge on any atom is 0.0726 e. The van der Waals surface area contributed by atoms with Crippen molar-refractivity contribution in [3.63, 3.8) is 0 Å². The summed E-state index contributed by atoms with van der Waals surface area (Å²) >= 11 is 0. The van der Waals surface area contributed by atoms with E-state index in [9.17, 15) is 0 Å². The molecule has 2 nitrogen and oxygen atoms in total. The first-order chi connectivity index (χ1) is 37.2. The van der Waals surface area contributed by atoms with Gasteiger partial charge in [0.15, 0.2) is 0 Å². The zero-order chi connectivity index (χ0) is 49.5. The smallest absolute Gasteiger partial charge is 0.0726 e. The highest BCUT2D eigenvalue weighted by Crippen LogP contribution is 2.63. The summed E-state index contributed by atoms with van der Waals surface area (Å²) in [6, 6.07) is 108. The van der Waals surface area contributed by atoms with E-state index in [-0.39, 0.29) is 0 Å². The Morgan fingerprint density at radius 2 is 0.667 bits per heavy atom. The molecule has 2 aliphatic carbocycles. The minimum Gasteiger partial charge on any atom is -0.310 e. The fraction of sp³-hybridized carbons (Fsp3) is 0.0137. The summed E-state index contributed by atoms with van der Waals surface area (Å²) in [7, 11) is 0. The van der Waals surface area contributed by atoms with Crippen LogP contribution >= 0.6 is 0 Å². The third-order valence-corrected chi connectivity index (χ3v) is 16.0. The average molecular weight is 953 g/mol. The van der Waals surface area contributed by atoms with Crippen LogP contribution in [-0.4, -0.2) is 4.57 Å². The van der Waals surface area contributed by atoms with Gasteiger partial charge in [0.1, 0.15) is 0 Å². The normalized spacial score (nSPS) is 12.6. The highest BCUT2D eigenvalue weighted by Gasteiger charge is 2.51. The molecule has 12 aromatic carbocycles. The summed E-state index contributed by atoms with van der Waals surface area (Å²) in [6.45, 7) is 0. The van der Waals surface area contributed by atoms with Crippen LogP contribution in [0, 0.1) is 0 Å². The molecule has 15 rings (SSSR count). The summed E-state index contributed by atoms with van der Waals surface area (Å²) in [5, 5.41) is 2.49. The first-order valence-electron chi connectivity index (χ1n) is 26.0. The number of fused-ring (bicyclic) bond motifs is 13. The molecular formula is C73H48N2. The largest absolute Gasteiger partial charge is 0.310 e. The van der Waals surface area contributed by atoms with E-state index in [2.05, 4.69) is 301 Å². The predicted molar refractivity (Wildman–Crippen MR) is 314 cm³/mol. The van der Waals surface area contributed by atoms with Crippen molar-refractivity contribution >= 4 is 38.9 Å². The molecular weight excluding hydrogens is 905 g/mol. The molecule has 0 amide bonds. The standard InChI is InChI=1S/C73H48N2/c1-4-19-49(20-5-1)51-35-39-57(40-36-51)74(59-43-44-64-63-27-12-16-32-68(63)73(69(64)48-59)66-30-14-10-25-61(66)62-26-11-15-31-67(62)73)58-41-37-52(38-42-58)54-45-53(50-21-6-2-7-22-50)46-55(47-54)60-29-18-34-71-72(60)65-28-13-17-33-70(65)75(71)56-23-8-3-9-24-56/h1-48H. The Kier molecular flexibility index (Phi) is 9.83. The van der Waals surface area contributed by atoms with E-state index in [0.29, 0.717) is 0 Å². The number of hydrogen-bond acceptors (Lipinski definition) is 1. The van der Waals surface area contributed by atoms with Crippen molar-refractivity contribution in [2.24, 2.45) is 0 Å². The lowest BCUT2D eigenvalue weighted by Crippen LogP contribution is -2.26. The third kappa shape index (κ3) is 6.66. The van der Waals surface area contributed by atoms with E-state index in [4.69, 9.17) is 0 Å². The van der Waals surface area contributed by atoms with Crippen LogP contribution in [0.15, 0.2) is 291 Å². The van der Waals surface area contributed by atoms with E-state index in [1.807, 2.05) is 0 Å². The molecule has 1 spiro atoms. The quantitative estimate of drug-likeness (QED) is 0.147.